The van der Waals surface area contributed by atoms with Crippen molar-refractivity contribution in [3.8, 4) is 11.1 Å². The molecule has 0 unspecified atom stereocenters. The smallest absolute Gasteiger partial charge is 0.307 e. The van der Waals surface area contributed by atoms with Gasteiger partial charge in [-0.2, -0.15) is 0 Å². The lowest BCUT2D eigenvalue weighted by Crippen LogP contribution is -2.02. The molecule has 2 rings (SSSR count). The fourth-order valence-electron chi connectivity index (χ4n) is 1.86. The van der Waals surface area contributed by atoms with Crippen LogP contribution in [0.2, 0.25) is 5.02 Å². The molecular weight excluding hydrogens is 274 g/mol. The van der Waals surface area contributed by atoms with Crippen LogP contribution < -0.4 is 0 Å². The predicted octanol–water partition coefficient (Wildman–Crippen LogP) is 3.91. The van der Waals surface area contributed by atoms with Gasteiger partial charge in [-0.15, -0.1) is 0 Å². The maximum atomic E-state index is 13.2. The van der Waals surface area contributed by atoms with Gasteiger partial charge in [0.05, 0.1) is 6.42 Å². The minimum Gasteiger partial charge on any atom is -0.481 e. The van der Waals surface area contributed by atoms with Gasteiger partial charge in [-0.3, -0.25) is 4.79 Å². The average Bonchev–Trinajstić information content (AvgIpc) is 2.26. The molecule has 0 aliphatic heterocycles. The summed E-state index contributed by atoms with van der Waals surface area (Å²) < 4.78 is 26.4. The SMILES string of the molecule is O=C(O)Cc1cc(Cl)ccc1-c1cc(F)cc(F)c1. The second kappa shape index (κ2) is 5.36. The van der Waals surface area contributed by atoms with Gasteiger partial charge in [-0.25, -0.2) is 8.78 Å². The van der Waals surface area contributed by atoms with Crippen molar-refractivity contribution in [2.24, 2.45) is 0 Å². The Bertz CT molecular complexity index is 621. The van der Waals surface area contributed by atoms with Crippen LogP contribution in [0.4, 0.5) is 8.78 Å². The molecular formula is C14H9ClF2O2. The molecule has 98 valence electrons. The first-order chi connectivity index (χ1) is 8.95. The summed E-state index contributed by atoms with van der Waals surface area (Å²) in [6.45, 7) is 0. The Morgan fingerprint density at radius 1 is 1.11 bits per heavy atom. The molecule has 0 fully saturated rings. The zero-order valence-corrected chi connectivity index (χ0v) is 10.4. The van der Waals surface area contributed by atoms with Crippen LogP contribution >= 0.6 is 11.6 Å². The van der Waals surface area contributed by atoms with Crippen LogP contribution in [0.1, 0.15) is 5.56 Å². The number of benzene rings is 2. The van der Waals surface area contributed by atoms with Crippen LogP contribution in [-0.4, -0.2) is 11.1 Å². The summed E-state index contributed by atoms with van der Waals surface area (Å²) >= 11 is 5.81. The van der Waals surface area contributed by atoms with E-state index in [4.69, 9.17) is 16.7 Å². The highest BCUT2D eigenvalue weighted by molar-refractivity contribution is 6.30. The van der Waals surface area contributed by atoms with Gasteiger partial charge >= 0.3 is 5.97 Å². The molecule has 0 amide bonds. The Kier molecular flexibility index (Phi) is 3.81. The number of carboxylic acids is 1. The molecule has 0 radical (unpaired) electrons. The van der Waals surface area contributed by atoms with E-state index < -0.39 is 17.6 Å². The molecule has 1 N–H and O–H groups in total. The minimum atomic E-state index is -1.04. The summed E-state index contributed by atoms with van der Waals surface area (Å²) in [4.78, 5) is 10.8. The highest BCUT2D eigenvalue weighted by Gasteiger charge is 2.11. The Morgan fingerprint density at radius 3 is 2.32 bits per heavy atom. The van der Waals surface area contributed by atoms with Crippen molar-refractivity contribution in [1.82, 2.24) is 0 Å². The van der Waals surface area contributed by atoms with Gasteiger partial charge in [0, 0.05) is 11.1 Å². The van der Waals surface area contributed by atoms with Crippen LogP contribution in [0.25, 0.3) is 11.1 Å². The summed E-state index contributed by atoms with van der Waals surface area (Å²) in [7, 11) is 0. The molecule has 0 heterocycles. The van der Waals surface area contributed by atoms with Gasteiger partial charge < -0.3 is 5.11 Å². The quantitative estimate of drug-likeness (QED) is 0.926. The Morgan fingerprint density at radius 2 is 1.74 bits per heavy atom. The molecule has 0 saturated heterocycles. The largest absolute Gasteiger partial charge is 0.481 e. The number of aliphatic carboxylic acids is 1. The Hall–Kier alpha value is -1.94. The van der Waals surface area contributed by atoms with E-state index in [-0.39, 0.29) is 12.0 Å². The Balaban J connectivity index is 2.57. The molecule has 5 heteroatoms. The summed E-state index contributed by atoms with van der Waals surface area (Å²) in [5, 5.41) is 9.22. The molecule has 2 aromatic rings. The summed E-state index contributed by atoms with van der Waals surface area (Å²) in [5.41, 5.74) is 1.14. The maximum Gasteiger partial charge on any atom is 0.307 e. The van der Waals surface area contributed by atoms with Gasteiger partial charge in [-0.05, 0) is 41.0 Å². The third kappa shape index (κ3) is 3.29. The van der Waals surface area contributed by atoms with E-state index in [2.05, 4.69) is 0 Å². The number of rotatable bonds is 3. The van der Waals surface area contributed by atoms with Crippen molar-refractivity contribution >= 4 is 17.6 Å². The molecule has 0 atom stereocenters. The highest BCUT2D eigenvalue weighted by atomic mass is 35.5. The first kappa shape index (κ1) is 13.5. The third-order valence-electron chi connectivity index (χ3n) is 2.58. The molecule has 0 bridgehead atoms. The van der Waals surface area contributed by atoms with Crippen molar-refractivity contribution in [2.75, 3.05) is 0 Å². The van der Waals surface area contributed by atoms with Gasteiger partial charge in [0.1, 0.15) is 11.6 Å². The lowest BCUT2D eigenvalue weighted by molar-refractivity contribution is -0.136. The van der Waals surface area contributed by atoms with Crippen LogP contribution in [0.5, 0.6) is 0 Å². The van der Waals surface area contributed by atoms with Gasteiger partial charge in [-0.1, -0.05) is 17.7 Å². The van der Waals surface area contributed by atoms with Crippen LogP contribution in [-0.2, 0) is 11.2 Å². The summed E-state index contributed by atoms with van der Waals surface area (Å²) in [6.07, 6.45) is -0.270. The van der Waals surface area contributed by atoms with Crippen molar-refractivity contribution in [2.45, 2.75) is 6.42 Å². The first-order valence-corrected chi connectivity index (χ1v) is 5.80. The van der Waals surface area contributed by atoms with Crippen molar-refractivity contribution in [1.29, 1.82) is 0 Å². The molecule has 0 aromatic heterocycles. The Labute approximate surface area is 113 Å². The van der Waals surface area contributed by atoms with Crippen molar-refractivity contribution < 1.29 is 18.7 Å². The van der Waals surface area contributed by atoms with Crippen molar-refractivity contribution in [3.05, 3.63) is 58.6 Å². The lowest BCUT2D eigenvalue weighted by Gasteiger charge is -2.09. The van der Waals surface area contributed by atoms with Crippen molar-refractivity contribution in [3.63, 3.8) is 0 Å². The number of carbonyl (C=O) groups is 1. The fourth-order valence-corrected chi connectivity index (χ4v) is 2.06. The second-order valence-corrected chi connectivity index (χ2v) is 4.47. The lowest BCUT2D eigenvalue weighted by atomic mass is 9.97. The molecule has 0 spiro atoms. The van der Waals surface area contributed by atoms with Crippen LogP contribution in [0.15, 0.2) is 36.4 Å². The first-order valence-electron chi connectivity index (χ1n) is 5.42. The van der Waals surface area contributed by atoms with Gasteiger partial charge in [0.15, 0.2) is 0 Å². The second-order valence-electron chi connectivity index (χ2n) is 4.03. The number of halogens is 3. The number of carboxylic acid groups (broad SMARTS) is 1. The molecule has 2 nitrogen and oxygen atoms in total. The van der Waals surface area contributed by atoms with Gasteiger partial charge in [0.2, 0.25) is 0 Å². The molecule has 2 aromatic carbocycles. The highest BCUT2D eigenvalue weighted by Crippen LogP contribution is 2.28. The molecule has 0 aliphatic rings. The number of hydrogen-bond donors (Lipinski definition) is 1. The van der Waals surface area contributed by atoms with E-state index in [9.17, 15) is 13.6 Å². The maximum absolute atomic E-state index is 13.2. The minimum absolute atomic E-state index is 0.270. The van der Waals surface area contributed by atoms with Gasteiger partial charge in [0.25, 0.3) is 0 Å². The fraction of sp³-hybridized carbons (Fsp3) is 0.0714. The predicted molar refractivity (Wildman–Crippen MR) is 68.1 cm³/mol. The standard InChI is InChI=1S/C14H9ClF2O2/c15-10-1-2-13(8(3-10)6-14(18)19)9-4-11(16)7-12(17)5-9/h1-5,7H,6H2,(H,18,19). The summed E-state index contributed by atoms with van der Waals surface area (Å²) in [6, 6.07) is 7.64. The zero-order chi connectivity index (χ0) is 14.0. The summed E-state index contributed by atoms with van der Waals surface area (Å²) in [5.74, 6) is -2.47. The van der Waals surface area contributed by atoms with Crippen LogP contribution in [0, 0.1) is 11.6 Å². The normalized spacial score (nSPS) is 10.5. The molecule has 0 aliphatic carbocycles. The number of hydrogen-bond acceptors (Lipinski definition) is 1. The topological polar surface area (TPSA) is 37.3 Å². The van der Waals surface area contributed by atoms with E-state index in [0.717, 1.165) is 18.2 Å². The van der Waals surface area contributed by atoms with E-state index in [0.29, 0.717) is 16.1 Å². The van der Waals surface area contributed by atoms with E-state index in [1.54, 1.807) is 12.1 Å². The molecule has 19 heavy (non-hydrogen) atoms. The van der Waals surface area contributed by atoms with Crippen LogP contribution in [0.3, 0.4) is 0 Å². The van der Waals surface area contributed by atoms with E-state index >= 15 is 0 Å². The third-order valence-corrected chi connectivity index (χ3v) is 2.82. The average molecular weight is 283 g/mol. The zero-order valence-electron chi connectivity index (χ0n) is 9.66. The van der Waals surface area contributed by atoms with E-state index in [1.165, 1.54) is 6.07 Å². The molecule has 0 saturated carbocycles. The van der Waals surface area contributed by atoms with E-state index in [1.807, 2.05) is 0 Å². The monoisotopic (exact) mass is 282 g/mol.